The molecule has 0 saturated heterocycles. The van der Waals surface area contributed by atoms with Gasteiger partial charge in [0.1, 0.15) is 0 Å². The molecule has 1 heterocycles. The topological polar surface area (TPSA) is 37.0 Å². The third-order valence-electron chi connectivity index (χ3n) is 2.52. The predicted octanol–water partition coefficient (Wildman–Crippen LogP) is 2.36. The second-order valence-electron chi connectivity index (χ2n) is 4.70. The molecule has 3 nitrogen and oxygen atoms in total. The molecule has 1 aromatic heterocycles. The van der Waals surface area contributed by atoms with Gasteiger partial charge in [0, 0.05) is 30.1 Å². The lowest BCUT2D eigenvalue weighted by Gasteiger charge is -2.07. The van der Waals surface area contributed by atoms with Crippen molar-refractivity contribution >= 4 is 11.3 Å². The van der Waals surface area contributed by atoms with Gasteiger partial charge >= 0.3 is 0 Å². The van der Waals surface area contributed by atoms with Gasteiger partial charge in [-0.15, -0.1) is 11.3 Å². The highest BCUT2D eigenvalue weighted by atomic mass is 32.1. The van der Waals surface area contributed by atoms with Crippen molar-refractivity contribution in [3.63, 3.8) is 0 Å². The van der Waals surface area contributed by atoms with Gasteiger partial charge in [-0.1, -0.05) is 13.8 Å². The van der Waals surface area contributed by atoms with Crippen molar-refractivity contribution in [2.45, 2.75) is 46.1 Å². The molecule has 0 aliphatic carbocycles. The summed E-state index contributed by atoms with van der Waals surface area (Å²) in [5.74, 6) is 0. The molecule has 98 valence electrons. The SMILES string of the molecule is Cc1csc(CCNCCCCNC(C)C)n1. The molecule has 0 fully saturated rings. The lowest BCUT2D eigenvalue weighted by atomic mass is 10.3. The lowest BCUT2D eigenvalue weighted by Crippen LogP contribution is -2.25. The summed E-state index contributed by atoms with van der Waals surface area (Å²) in [7, 11) is 0. The zero-order chi connectivity index (χ0) is 12.5. The number of rotatable bonds is 9. The van der Waals surface area contributed by atoms with Crippen LogP contribution in [-0.4, -0.2) is 30.7 Å². The van der Waals surface area contributed by atoms with E-state index in [0.717, 1.165) is 31.7 Å². The summed E-state index contributed by atoms with van der Waals surface area (Å²) < 4.78 is 0. The summed E-state index contributed by atoms with van der Waals surface area (Å²) in [6.07, 6.45) is 3.56. The van der Waals surface area contributed by atoms with Gasteiger partial charge in [-0.3, -0.25) is 0 Å². The molecular weight excluding hydrogens is 230 g/mol. The molecule has 0 amide bonds. The van der Waals surface area contributed by atoms with Gasteiger partial charge in [-0.05, 0) is 32.9 Å². The number of aryl methyl sites for hydroxylation is 1. The third kappa shape index (κ3) is 7.47. The van der Waals surface area contributed by atoms with E-state index in [1.807, 2.05) is 0 Å². The van der Waals surface area contributed by atoms with E-state index in [-0.39, 0.29) is 0 Å². The van der Waals surface area contributed by atoms with Crippen molar-refractivity contribution in [3.8, 4) is 0 Å². The number of nitrogens with one attached hydrogen (secondary N) is 2. The van der Waals surface area contributed by atoms with Crippen LogP contribution in [0.3, 0.4) is 0 Å². The average Bonchev–Trinajstić information content (AvgIpc) is 2.68. The maximum Gasteiger partial charge on any atom is 0.0940 e. The van der Waals surface area contributed by atoms with E-state index < -0.39 is 0 Å². The fraction of sp³-hybridized carbons (Fsp3) is 0.769. The number of hydrogen-bond acceptors (Lipinski definition) is 4. The summed E-state index contributed by atoms with van der Waals surface area (Å²) in [4.78, 5) is 4.45. The summed E-state index contributed by atoms with van der Waals surface area (Å²) in [5.41, 5.74) is 1.14. The Morgan fingerprint density at radius 2 is 2.00 bits per heavy atom. The number of thiazole rings is 1. The monoisotopic (exact) mass is 255 g/mol. The van der Waals surface area contributed by atoms with Crippen LogP contribution < -0.4 is 10.6 Å². The summed E-state index contributed by atoms with van der Waals surface area (Å²) >= 11 is 1.76. The molecule has 1 aromatic rings. The Kier molecular flexibility index (Phi) is 7.40. The van der Waals surface area contributed by atoms with Crippen molar-refractivity contribution in [1.82, 2.24) is 15.6 Å². The molecule has 0 aromatic carbocycles. The standard InChI is InChI=1S/C13H25N3S/c1-11(2)15-8-5-4-7-14-9-6-13-16-12(3)10-17-13/h10-11,14-15H,4-9H2,1-3H3. The van der Waals surface area contributed by atoms with E-state index in [1.54, 1.807) is 11.3 Å². The van der Waals surface area contributed by atoms with Gasteiger partial charge in [0.05, 0.1) is 5.01 Å². The first kappa shape index (κ1) is 14.6. The van der Waals surface area contributed by atoms with Crippen molar-refractivity contribution in [3.05, 3.63) is 16.1 Å². The third-order valence-corrected chi connectivity index (χ3v) is 3.54. The van der Waals surface area contributed by atoms with Crippen LogP contribution in [0.15, 0.2) is 5.38 Å². The second-order valence-corrected chi connectivity index (χ2v) is 5.64. The molecule has 0 aliphatic heterocycles. The van der Waals surface area contributed by atoms with Gasteiger partial charge in [0.15, 0.2) is 0 Å². The Balaban J connectivity index is 1.88. The van der Waals surface area contributed by atoms with Crippen LogP contribution in [0.1, 0.15) is 37.4 Å². The molecule has 4 heteroatoms. The van der Waals surface area contributed by atoms with E-state index in [2.05, 4.69) is 41.8 Å². The van der Waals surface area contributed by atoms with Crippen LogP contribution in [0.2, 0.25) is 0 Å². The highest BCUT2D eigenvalue weighted by Crippen LogP contribution is 2.08. The molecule has 0 unspecified atom stereocenters. The van der Waals surface area contributed by atoms with Crippen molar-refractivity contribution in [2.75, 3.05) is 19.6 Å². The molecule has 0 saturated carbocycles. The van der Waals surface area contributed by atoms with Crippen LogP contribution in [0.4, 0.5) is 0 Å². The Morgan fingerprint density at radius 1 is 1.24 bits per heavy atom. The quantitative estimate of drug-likeness (QED) is 0.665. The van der Waals surface area contributed by atoms with E-state index in [1.165, 1.54) is 17.8 Å². The molecule has 2 N–H and O–H groups in total. The Morgan fingerprint density at radius 3 is 2.65 bits per heavy atom. The second kappa shape index (κ2) is 8.61. The predicted molar refractivity (Wildman–Crippen MR) is 75.8 cm³/mol. The molecular formula is C13H25N3S. The van der Waals surface area contributed by atoms with E-state index in [4.69, 9.17) is 0 Å². The number of nitrogens with zero attached hydrogens (tertiary/aromatic N) is 1. The Labute approximate surface area is 109 Å². The van der Waals surface area contributed by atoms with Crippen LogP contribution >= 0.6 is 11.3 Å². The molecule has 17 heavy (non-hydrogen) atoms. The number of aromatic nitrogens is 1. The fourth-order valence-electron chi connectivity index (χ4n) is 1.60. The first-order valence-corrected chi connectivity index (χ1v) is 7.41. The highest BCUT2D eigenvalue weighted by Gasteiger charge is 1.97. The Bertz CT molecular complexity index is 297. The summed E-state index contributed by atoms with van der Waals surface area (Å²) in [5, 5.41) is 10.3. The van der Waals surface area contributed by atoms with E-state index in [9.17, 15) is 0 Å². The maximum absolute atomic E-state index is 4.45. The fourth-order valence-corrected chi connectivity index (χ4v) is 2.38. The molecule has 0 radical (unpaired) electrons. The average molecular weight is 255 g/mol. The summed E-state index contributed by atoms with van der Waals surface area (Å²) in [6.45, 7) is 9.72. The van der Waals surface area contributed by atoms with Crippen LogP contribution in [0.25, 0.3) is 0 Å². The van der Waals surface area contributed by atoms with E-state index >= 15 is 0 Å². The largest absolute Gasteiger partial charge is 0.316 e. The number of hydrogen-bond donors (Lipinski definition) is 2. The molecule has 0 spiro atoms. The molecule has 0 bridgehead atoms. The minimum Gasteiger partial charge on any atom is -0.316 e. The first-order chi connectivity index (χ1) is 8.18. The molecule has 1 rings (SSSR count). The van der Waals surface area contributed by atoms with Crippen molar-refractivity contribution in [2.24, 2.45) is 0 Å². The van der Waals surface area contributed by atoms with E-state index in [0.29, 0.717) is 6.04 Å². The Hall–Kier alpha value is -0.450. The number of unbranched alkanes of at least 4 members (excludes halogenated alkanes) is 1. The minimum absolute atomic E-state index is 0.608. The smallest absolute Gasteiger partial charge is 0.0940 e. The normalized spacial score (nSPS) is 11.3. The molecule has 0 atom stereocenters. The first-order valence-electron chi connectivity index (χ1n) is 6.53. The van der Waals surface area contributed by atoms with Gasteiger partial charge in [-0.25, -0.2) is 4.98 Å². The van der Waals surface area contributed by atoms with Gasteiger partial charge in [0.2, 0.25) is 0 Å². The maximum atomic E-state index is 4.45. The van der Waals surface area contributed by atoms with Gasteiger partial charge < -0.3 is 10.6 Å². The lowest BCUT2D eigenvalue weighted by molar-refractivity contribution is 0.542. The minimum atomic E-state index is 0.608. The van der Waals surface area contributed by atoms with Crippen LogP contribution in [-0.2, 0) is 6.42 Å². The zero-order valence-electron chi connectivity index (χ0n) is 11.3. The zero-order valence-corrected chi connectivity index (χ0v) is 12.1. The highest BCUT2D eigenvalue weighted by molar-refractivity contribution is 7.09. The van der Waals surface area contributed by atoms with Gasteiger partial charge in [0.25, 0.3) is 0 Å². The van der Waals surface area contributed by atoms with Crippen LogP contribution in [0.5, 0.6) is 0 Å². The van der Waals surface area contributed by atoms with Crippen molar-refractivity contribution in [1.29, 1.82) is 0 Å². The van der Waals surface area contributed by atoms with Crippen molar-refractivity contribution < 1.29 is 0 Å². The summed E-state index contributed by atoms with van der Waals surface area (Å²) in [6, 6.07) is 0.608. The molecule has 0 aliphatic rings. The van der Waals surface area contributed by atoms with Crippen LogP contribution in [0, 0.1) is 6.92 Å². The van der Waals surface area contributed by atoms with Gasteiger partial charge in [-0.2, -0.15) is 0 Å².